The molecule has 0 aromatic rings. The summed E-state index contributed by atoms with van der Waals surface area (Å²) in [6.45, 7) is 5.26. The molecule has 0 aromatic carbocycles. The molecule has 2 N–H and O–H groups in total. The van der Waals surface area contributed by atoms with Gasteiger partial charge in [-0.3, -0.25) is 4.90 Å². The average molecular weight is 298 g/mol. The third kappa shape index (κ3) is 3.83. The smallest absolute Gasteiger partial charge is 0.177 e. The van der Waals surface area contributed by atoms with E-state index in [1.54, 1.807) is 4.90 Å². The van der Waals surface area contributed by atoms with E-state index in [1.807, 2.05) is 0 Å². The lowest BCUT2D eigenvalue weighted by Crippen LogP contribution is -3.17. The lowest BCUT2D eigenvalue weighted by Gasteiger charge is -2.38. The van der Waals surface area contributed by atoms with E-state index in [1.165, 1.54) is 51.5 Å². The van der Waals surface area contributed by atoms with Gasteiger partial charge in [0.2, 0.25) is 0 Å². The maximum Gasteiger partial charge on any atom is 0.177 e. The SMILES string of the molecule is S=C1NC[NH+](CC2CCCCC2)CN1C[C@@H]1CCCO1. The number of rotatable bonds is 4. The minimum absolute atomic E-state index is 0.392. The van der Waals surface area contributed by atoms with Gasteiger partial charge in [-0.1, -0.05) is 19.3 Å². The van der Waals surface area contributed by atoms with E-state index < -0.39 is 0 Å². The Morgan fingerprint density at radius 1 is 1.20 bits per heavy atom. The maximum atomic E-state index is 5.75. The summed E-state index contributed by atoms with van der Waals surface area (Å²) in [6, 6.07) is 0. The molecule has 0 radical (unpaired) electrons. The molecule has 1 aliphatic carbocycles. The zero-order chi connectivity index (χ0) is 13.8. The van der Waals surface area contributed by atoms with Crippen molar-refractivity contribution >= 4 is 17.3 Å². The molecule has 3 aliphatic rings. The highest BCUT2D eigenvalue weighted by Crippen LogP contribution is 2.22. The standard InChI is InChI=1S/C15H27N3OS/c20-15-16-11-17(9-13-5-2-1-3-6-13)12-18(15)10-14-7-4-8-19-14/h13-14H,1-12H2,(H,16,20)/p+1/t14-/m0/s1. The molecular formula is C15H28N3OS+. The van der Waals surface area contributed by atoms with Crippen molar-refractivity contribution in [1.29, 1.82) is 0 Å². The third-order valence-electron chi connectivity index (χ3n) is 4.94. The molecule has 2 aliphatic heterocycles. The molecule has 0 bridgehead atoms. The fraction of sp³-hybridized carbons (Fsp3) is 0.933. The quantitative estimate of drug-likeness (QED) is 0.749. The highest BCUT2D eigenvalue weighted by molar-refractivity contribution is 7.80. The van der Waals surface area contributed by atoms with Crippen molar-refractivity contribution in [2.24, 2.45) is 5.92 Å². The minimum Gasteiger partial charge on any atom is -0.376 e. The lowest BCUT2D eigenvalue weighted by molar-refractivity contribution is -0.917. The molecule has 2 heterocycles. The van der Waals surface area contributed by atoms with E-state index in [9.17, 15) is 0 Å². The molecule has 3 fully saturated rings. The fourth-order valence-corrected chi connectivity index (χ4v) is 4.04. The third-order valence-corrected chi connectivity index (χ3v) is 5.34. The Morgan fingerprint density at radius 3 is 2.80 bits per heavy atom. The Kier molecular flexibility index (Phi) is 5.13. The molecule has 4 nitrogen and oxygen atoms in total. The van der Waals surface area contributed by atoms with Gasteiger partial charge < -0.3 is 15.0 Å². The van der Waals surface area contributed by atoms with Gasteiger partial charge >= 0.3 is 0 Å². The average Bonchev–Trinajstić information content (AvgIpc) is 2.97. The van der Waals surface area contributed by atoms with E-state index >= 15 is 0 Å². The number of hydrogen-bond acceptors (Lipinski definition) is 2. The highest BCUT2D eigenvalue weighted by Gasteiger charge is 2.29. The number of hydrogen-bond donors (Lipinski definition) is 2. The van der Waals surface area contributed by atoms with Crippen molar-refractivity contribution in [3.8, 4) is 0 Å². The van der Waals surface area contributed by atoms with Crippen LogP contribution < -0.4 is 10.2 Å². The van der Waals surface area contributed by atoms with Gasteiger partial charge in [0, 0.05) is 12.5 Å². The topological polar surface area (TPSA) is 28.9 Å². The summed E-state index contributed by atoms with van der Waals surface area (Å²) in [7, 11) is 0. The zero-order valence-corrected chi connectivity index (χ0v) is 13.2. The molecule has 1 unspecified atom stereocenters. The number of ether oxygens (including phenoxy) is 1. The number of thiocarbonyl (C=S) groups is 1. The van der Waals surface area contributed by atoms with Crippen LogP contribution in [0.1, 0.15) is 44.9 Å². The maximum absolute atomic E-state index is 5.75. The van der Waals surface area contributed by atoms with Crippen LogP contribution in [-0.2, 0) is 4.74 Å². The summed E-state index contributed by atoms with van der Waals surface area (Å²) in [4.78, 5) is 3.97. The molecule has 114 valence electrons. The zero-order valence-electron chi connectivity index (χ0n) is 12.4. The fourth-order valence-electron chi connectivity index (χ4n) is 3.83. The molecule has 1 saturated carbocycles. The van der Waals surface area contributed by atoms with Crippen LogP contribution in [-0.4, -0.2) is 49.2 Å². The molecular weight excluding hydrogens is 270 g/mol. The second-order valence-electron chi connectivity index (χ2n) is 6.63. The van der Waals surface area contributed by atoms with Crippen LogP contribution in [0, 0.1) is 5.92 Å². The first-order valence-corrected chi connectivity index (χ1v) is 8.70. The number of nitrogens with one attached hydrogen (secondary N) is 2. The summed E-state index contributed by atoms with van der Waals surface area (Å²) < 4.78 is 5.75. The Morgan fingerprint density at radius 2 is 2.05 bits per heavy atom. The van der Waals surface area contributed by atoms with Crippen molar-refractivity contribution in [2.45, 2.75) is 51.0 Å². The van der Waals surface area contributed by atoms with Gasteiger partial charge in [0.1, 0.15) is 0 Å². The van der Waals surface area contributed by atoms with E-state index in [0.717, 1.165) is 37.5 Å². The molecule has 5 heteroatoms. The van der Waals surface area contributed by atoms with Crippen molar-refractivity contribution in [2.75, 3.05) is 33.0 Å². The first kappa shape index (κ1) is 14.5. The Labute approximate surface area is 127 Å². The number of quaternary nitrogens is 1. The molecule has 3 rings (SSSR count). The van der Waals surface area contributed by atoms with E-state index in [2.05, 4.69) is 10.2 Å². The van der Waals surface area contributed by atoms with Crippen LogP contribution in [0.5, 0.6) is 0 Å². The van der Waals surface area contributed by atoms with Crippen LogP contribution >= 0.6 is 12.2 Å². The first-order chi connectivity index (χ1) is 9.81. The van der Waals surface area contributed by atoms with Crippen molar-refractivity contribution in [1.82, 2.24) is 10.2 Å². The van der Waals surface area contributed by atoms with Gasteiger partial charge in [-0.15, -0.1) is 0 Å². The van der Waals surface area contributed by atoms with Crippen LogP contribution in [0.4, 0.5) is 0 Å². The molecule has 2 atom stereocenters. The highest BCUT2D eigenvalue weighted by atomic mass is 32.1. The summed E-state index contributed by atoms with van der Waals surface area (Å²) in [5.41, 5.74) is 0. The van der Waals surface area contributed by atoms with Crippen LogP contribution in [0.15, 0.2) is 0 Å². The first-order valence-electron chi connectivity index (χ1n) is 8.29. The summed E-state index contributed by atoms with van der Waals surface area (Å²) >= 11 is 5.46. The molecule has 0 amide bonds. The van der Waals surface area contributed by atoms with Gasteiger partial charge in [0.05, 0.1) is 19.2 Å². The molecule has 20 heavy (non-hydrogen) atoms. The van der Waals surface area contributed by atoms with Crippen molar-refractivity contribution in [3.05, 3.63) is 0 Å². The van der Waals surface area contributed by atoms with Gasteiger partial charge in [-0.25, -0.2) is 0 Å². The Balaban J connectivity index is 1.48. The Bertz CT molecular complexity index is 327. The van der Waals surface area contributed by atoms with Crippen molar-refractivity contribution < 1.29 is 9.64 Å². The van der Waals surface area contributed by atoms with Crippen LogP contribution in [0.3, 0.4) is 0 Å². The van der Waals surface area contributed by atoms with E-state index in [0.29, 0.717) is 6.10 Å². The predicted octanol–water partition coefficient (Wildman–Crippen LogP) is 0.736. The molecule has 2 saturated heterocycles. The summed E-state index contributed by atoms with van der Waals surface area (Å²) in [5, 5.41) is 4.33. The number of nitrogens with zero attached hydrogens (tertiary/aromatic N) is 1. The monoisotopic (exact) mass is 298 g/mol. The second-order valence-corrected chi connectivity index (χ2v) is 7.02. The second kappa shape index (κ2) is 7.05. The van der Waals surface area contributed by atoms with Crippen LogP contribution in [0.25, 0.3) is 0 Å². The summed E-state index contributed by atoms with van der Waals surface area (Å²) in [6.07, 6.45) is 9.96. The van der Waals surface area contributed by atoms with Gasteiger partial charge in [0.15, 0.2) is 18.4 Å². The summed E-state index contributed by atoms with van der Waals surface area (Å²) in [5.74, 6) is 0.928. The molecule has 0 spiro atoms. The van der Waals surface area contributed by atoms with Crippen LogP contribution in [0.2, 0.25) is 0 Å². The lowest BCUT2D eigenvalue weighted by atomic mass is 9.89. The van der Waals surface area contributed by atoms with E-state index in [-0.39, 0.29) is 0 Å². The van der Waals surface area contributed by atoms with Gasteiger partial charge in [0.25, 0.3) is 0 Å². The van der Waals surface area contributed by atoms with E-state index in [4.69, 9.17) is 17.0 Å². The molecule has 0 aromatic heterocycles. The predicted molar refractivity (Wildman–Crippen MR) is 83.6 cm³/mol. The largest absolute Gasteiger partial charge is 0.376 e. The Hall–Kier alpha value is -0.390. The van der Waals surface area contributed by atoms with Gasteiger partial charge in [-0.2, -0.15) is 0 Å². The normalized spacial score (nSPS) is 32.4. The van der Waals surface area contributed by atoms with Gasteiger partial charge in [-0.05, 0) is 37.9 Å². The van der Waals surface area contributed by atoms with Crippen molar-refractivity contribution in [3.63, 3.8) is 0 Å². The minimum atomic E-state index is 0.392.